The quantitative estimate of drug-likeness (QED) is 0.578. The first-order chi connectivity index (χ1) is 14.1. The minimum atomic E-state index is -3.78. The highest BCUT2D eigenvalue weighted by molar-refractivity contribution is 7.92. The molecule has 3 rings (SSSR count). The minimum absolute atomic E-state index is 0.0367. The zero-order valence-electron chi connectivity index (χ0n) is 17.3. The molecule has 3 aromatic rings. The number of sulfonamides is 1. The first-order valence-corrected chi connectivity index (χ1v) is 10.9. The van der Waals surface area contributed by atoms with Crippen LogP contribution < -0.4 is 4.72 Å². The van der Waals surface area contributed by atoms with E-state index in [0.29, 0.717) is 11.3 Å². The Morgan fingerprint density at radius 3 is 2.43 bits per heavy atom. The third-order valence-corrected chi connectivity index (χ3v) is 5.83. The van der Waals surface area contributed by atoms with Crippen LogP contribution in [0.1, 0.15) is 43.7 Å². The maximum atomic E-state index is 12.8. The van der Waals surface area contributed by atoms with Crippen LogP contribution in [-0.2, 0) is 20.2 Å². The summed E-state index contributed by atoms with van der Waals surface area (Å²) in [6.07, 6.45) is 0. The van der Waals surface area contributed by atoms with Gasteiger partial charge in [-0.1, -0.05) is 45.0 Å². The molecule has 30 heavy (non-hydrogen) atoms. The van der Waals surface area contributed by atoms with E-state index in [-0.39, 0.29) is 28.3 Å². The summed E-state index contributed by atoms with van der Waals surface area (Å²) in [7, 11) is -3.78. The first kappa shape index (κ1) is 21.5. The maximum absolute atomic E-state index is 12.8. The lowest BCUT2D eigenvalue weighted by atomic mass is 9.87. The van der Waals surface area contributed by atoms with Crippen LogP contribution in [0, 0.1) is 0 Å². The molecular weight excluding hydrogens is 404 g/mol. The molecule has 0 aliphatic rings. The van der Waals surface area contributed by atoms with Gasteiger partial charge in [0.15, 0.2) is 5.69 Å². The number of ether oxygens (including phenoxy) is 1. The summed E-state index contributed by atoms with van der Waals surface area (Å²) >= 11 is 0. The number of hydrogen-bond acceptors (Lipinski definition) is 6. The Labute approximate surface area is 175 Å². The van der Waals surface area contributed by atoms with E-state index in [0.717, 1.165) is 5.56 Å². The van der Waals surface area contributed by atoms with Crippen LogP contribution in [0.15, 0.2) is 53.4 Å². The van der Waals surface area contributed by atoms with E-state index in [1.165, 1.54) is 0 Å². The molecule has 0 spiro atoms. The molecule has 0 saturated carbocycles. The van der Waals surface area contributed by atoms with E-state index < -0.39 is 16.0 Å². The van der Waals surface area contributed by atoms with E-state index in [4.69, 9.17) is 4.74 Å². The number of hydrogen-bond donors (Lipinski definition) is 2. The number of carbonyl (C=O) groups is 1. The molecule has 0 aliphatic heterocycles. The number of aromatic nitrogens is 3. The monoisotopic (exact) mass is 428 g/mol. The highest BCUT2D eigenvalue weighted by atomic mass is 32.2. The van der Waals surface area contributed by atoms with Gasteiger partial charge in [-0.05, 0) is 42.2 Å². The number of anilines is 1. The Bertz CT molecular complexity index is 1150. The minimum Gasteiger partial charge on any atom is -0.461 e. The topological polar surface area (TPSA) is 114 Å². The molecule has 0 bridgehead atoms. The standard InChI is InChI=1S/C21H24N4O4S/c1-5-29-20(26)19-18(22-25-23-19)14-7-6-8-16(13-14)24-30(27,28)17-11-9-15(10-12-17)21(2,3)4/h6-13,24H,5H2,1-4H3,(H,22,23,25). The van der Waals surface area contributed by atoms with Crippen molar-refractivity contribution in [3.05, 3.63) is 59.8 Å². The third-order valence-electron chi connectivity index (χ3n) is 4.44. The lowest BCUT2D eigenvalue weighted by Gasteiger charge is -2.19. The summed E-state index contributed by atoms with van der Waals surface area (Å²) < 4.78 is 33.1. The zero-order valence-corrected chi connectivity index (χ0v) is 18.1. The molecule has 0 amide bonds. The van der Waals surface area contributed by atoms with E-state index in [1.54, 1.807) is 43.3 Å². The van der Waals surface area contributed by atoms with Gasteiger partial charge in [0.05, 0.1) is 11.5 Å². The maximum Gasteiger partial charge on any atom is 0.361 e. The van der Waals surface area contributed by atoms with Crippen molar-refractivity contribution in [1.29, 1.82) is 0 Å². The number of H-pyrrole nitrogens is 1. The molecule has 1 aromatic heterocycles. The van der Waals surface area contributed by atoms with Crippen LogP contribution in [0.2, 0.25) is 0 Å². The number of carbonyl (C=O) groups excluding carboxylic acids is 1. The van der Waals surface area contributed by atoms with Crippen LogP contribution in [0.4, 0.5) is 5.69 Å². The first-order valence-electron chi connectivity index (χ1n) is 9.43. The SMILES string of the molecule is CCOC(=O)c1n[nH]nc1-c1cccc(NS(=O)(=O)c2ccc(C(C)(C)C)cc2)c1. The van der Waals surface area contributed by atoms with Crippen molar-refractivity contribution < 1.29 is 17.9 Å². The fourth-order valence-corrected chi connectivity index (χ4v) is 3.90. The summed E-state index contributed by atoms with van der Waals surface area (Å²) in [5.74, 6) is -0.605. The Kier molecular flexibility index (Phi) is 5.93. The lowest BCUT2D eigenvalue weighted by Crippen LogP contribution is -2.15. The van der Waals surface area contributed by atoms with Gasteiger partial charge in [0.2, 0.25) is 0 Å². The van der Waals surface area contributed by atoms with E-state index in [1.807, 2.05) is 12.1 Å². The van der Waals surface area contributed by atoms with E-state index >= 15 is 0 Å². The Hall–Kier alpha value is -3.20. The van der Waals surface area contributed by atoms with E-state index in [9.17, 15) is 13.2 Å². The largest absolute Gasteiger partial charge is 0.461 e. The molecule has 0 aliphatic carbocycles. The second kappa shape index (κ2) is 8.27. The molecule has 9 heteroatoms. The molecule has 8 nitrogen and oxygen atoms in total. The molecule has 2 aromatic carbocycles. The van der Waals surface area contributed by atoms with Crippen LogP contribution in [0.25, 0.3) is 11.3 Å². The number of benzene rings is 2. The van der Waals surface area contributed by atoms with Crippen molar-refractivity contribution in [3.8, 4) is 11.3 Å². The van der Waals surface area contributed by atoms with Gasteiger partial charge in [-0.2, -0.15) is 10.3 Å². The van der Waals surface area contributed by atoms with Crippen molar-refractivity contribution in [1.82, 2.24) is 15.4 Å². The molecule has 0 atom stereocenters. The van der Waals surface area contributed by atoms with Gasteiger partial charge in [-0.3, -0.25) is 4.72 Å². The molecule has 2 N–H and O–H groups in total. The number of rotatable bonds is 6. The van der Waals surface area contributed by atoms with Gasteiger partial charge < -0.3 is 4.74 Å². The molecule has 0 unspecified atom stereocenters. The normalized spacial score (nSPS) is 11.9. The van der Waals surface area contributed by atoms with Gasteiger partial charge >= 0.3 is 5.97 Å². The summed E-state index contributed by atoms with van der Waals surface area (Å²) in [5.41, 5.74) is 2.15. The fourth-order valence-electron chi connectivity index (χ4n) is 2.85. The van der Waals surface area contributed by atoms with Crippen LogP contribution >= 0.6 is 0 Å². The Morgan fingerprint density at radius 2 is 1.80 bits per heavy atom. The average molecular weight is 429 g/mol. The lowest BCUT2D eigenvalue weighted by molar-refractivity contribution is 0.0520. The number of esters is 1. The number of nitrogens with zero attached hydrogens (tertiary/aromatic N) is 2. The van der Waals surface area contributed by atoms with Crippen molar-refractivity contribution in [2.45, 2.75) is 38.0 Å². The predicted octanol–water partition coefficient (Wildman–Crippen LogP) is 3.75. The summed E-state index contributed by atoms with van der Waals surface area (Å²) in [4.78, 5) is 12.2. The highest BCUT2D eigenvalue weighted by Crippen LogP contribution is 2.27. The summed E-state index contributed by atoms with van der Waals surface area (Å²) in [6.45, 7) is 8.10. The molecule has 1 heterocycles. The molecule has 0 radical (unpaired) electrons. The van der Waals surface area contributed by atoms with Crippen LogP contribution in [0.5, 0.6) is 0 Å². The second-order valence-electron chi connectivity index (χ2n) is 7.70. The smallest absolute Gasteiger partial charge is 0.361 e. The van der Waals surface area contributed by atoms with Crippen LogP contribution in [0.3, 0.4) is 0 Å². The van der Waals surface area contributed by atoms with Gasteiger partial charge in [0.1, 0.15) is 5.69 Å². The Balaban J connectivity index is 1.87. The molecule has 0 fully saturated rings. The van der Waals surface area contributed by atoms with Gasteiger partial charge in [0.25, 0.3) is 10.0 Å². The highest BCUT2D eigenvalue weighted by Gasteiger charge is 2.21. The zero-order chi connectivity index (χ0) is 21.9. The second-order valence-corrected chi connectivity index (χ2v) is 9.38. The van der Waals surface area contributed by atoms with Gasteiger partial charge in [0, 0.05) is 11.3 Å². The summed E-state index contributed by atoms with van der Waals surface area (Å²) in [6, 6.07) is 13.4. The Morgan fingerprint density at radius 1 is 1.10 bits per heavy atom. The third kappa shape index (κ3) is 4.68. The van der Waals surface area contributed by atoms with Crippen LogP contribution in [-0.4, -0.2) is 36.4 Å². The number of nitrogens with one attached hydrogen (secondary N) is 2. The number of aromatic amines is 1. The fraction of sp³-hybridized carbons (Fsp3) is 0.286. The van der Waals surface area contributed by atoms with Crippen molar-refractivity contribution in [3.63, 3.8) is 0 Å². The molecule has 0 saturated heterocycles. The van der Waals surface area contributed by atoms with E-state index in [2.05, 4.69) is 40.9 Å². The van der Waals surface area contributed by atoms with Crippen molar-refractivity contribution in [2.75, 3.05) is 11.3 Å². The van der Waals surface area contributed by atoms with Gasteiger partial charge in [-0.25, -0.2) is 13.2 Å². The summed E-state index contributed by atoms with van der Waals surface area (Å²) in [5, 5.41) is 10.3. The van der Waals surface area contributed by atoms with Gasteiger partial charge in [-0.15, -0.1) is 5.10 Å². The molecular formula is C21H24N4O4S. The van der Waals surface area contributed by atoms with Crippen molar-refractivity contribution in [2.24, 2.45) is 0 Å². The predicted molar refractivity (Wildman–Crippen MR) is 114 cm³/mol. The molecule has 158 valence electrons. The van der Waals surface area contributed by atoms with Crippen molar-refractivity contribution >= 4 is 21.7 Å². The average Bonchev–Trinajstić information content (AvgIpc) is 3.17.